The molecule has 1 aromatic carbocycles. The van der Waals surface area contributed by atoms with Crippen molar-refractivity contribution in [3.63, 3.8) is 0 Å². The van der Waals surface area contributed by atoms with Gasteiger partial charge in [-0.15, -0.1) is 10.2 Å². The van der Waals surface area contributed by atoms with Crippen molar-refractivity contribution < 1.29 is 9.59 Å². The summed E-state index contributed by atoms with van der Waals surface area (Å²) in [5.74, 6) is -0.249. The molecule has 0 spiro atoms. The molecule has 7 heteroatoms. The third kappa shape index (κ3) is 5.60. The maximum atomic E-state index is 12.7. The summed E-state index contributed by atoms with van der Waals surface area (Å²) in [6.07, 6.45) is 1.97. The Morgan fingerprint density at radius 2 is 1.85 bits per heavy atom. The number of benzene rings is 1. The number of aryl methyl sites for hydroxylation is 1. The molecule has 146 valence electrons. The molecule has 2 amide bonds. The predicted molar refractivity (Wildman–Crippen MR) is 109 cm³/mol. The molecule has 1 atom stereocenters. The first-order valence-corrected chi connectivity index (χ1v) is 10.2. The summed E-state index contributed by atoms with van der Waals surface area (Å²) in [6.45, 7) is 9.95. The minimum atomic E-state index is -0.654. The highest BCUT2D eigenvalue weighted by Gasteiger charge is 2.26. The normalized spacial score (nSPS) is 12.3. The van der Waals surface area contributed by atoms with Gasteiger partial charge in [0.1, 0.15) is 11.0 Å². The van der Waals surface area contributed by atoms with Gasteiger partial charge in [-0.25, -0.2) is 0 Å². The monoisotopic (exact) mass is 388 g/mol. The molecule has 0 unspecified atom stereocenters. The van der Waals surface area contributed by atoms with Crippen molar-refractivity contribution in [3.05, 3.63) is 40.4 Å². The highest BCUT2D eigenvalue weighted by molar-refractivity contribution is 7.15. The van der Waals surface area contributed by atoms with Gasteiger partial charge >= 0.3 is 0 Å². The topological polar surface area (TPSA) is 84.0 Å². The van der Waals surface area contributed by atoms with Gasteiger partial charge in [0.25, 0.3) is 5.91 Å². The third-order valence-electron chi connectivity index (χ3n) is 4.52. The summed E-state index contributed by atoms with van der Waals surface area (Å²) < 4.78 is 0. The predicted octanol–water partition coefficient (Wildman–Crippen LogP) is 4.14. The second kappa shape index (κ2) is 9.60. The van der Waals surface area contributed by atoms with Gasteiger partial charge in [-0.05, 0) is 37.8 Å². The van der Waals surface area contributed by atoms with E-state index in [9.17, 15) is 9.59 Å². The molecule has 0 radical (unpaired) electrons. The lowest BCUT2D eigenvalue weighted by Gasteiger charge is -2.21. The molecule has 27 heavy (non-hydrogen) atoms. The lowest BCUT2D eigenvalue weighted by Crippen LogP contribution is -2.47. The molecular weight excluding hydrogens is 360 g/mol. The van der Waals surface area contributed by atoms with E-state index in [1.807, 2.05) is 32.9 Å². The molecule has 2 N–H and O–H groups in total. The molecule has 0 fully saturated rings. The van der Waals surface area contributed by atoms with Crippen molar-refractivity contribution in [2.24, 2.45) is 5.92 Å². The van der Waals surface area contributed by atoms with Crippen LogP contribution in [0.3, 0.4) is 0 Å². The largest absolute Gasteiger partial charge is 0.340 e. The number of hydrogen-bond donors (Lipinski definition) is 2. The molecule has 0 aliphatic heterocycles. The van der Waals surface area contributed by atoms with Crippen LogP contribution in [0.15, 0.2) is 24.3 Å². The van der Waals surface area contributed by atoms with Crippen LogP contribution in [-0.4, -0.2) is 28.1 Å². The van der Waals surface area contributed by atoms with E-state index in [1.165, 1.54) is 11.3 Å². The van der Waals surface area contributed by atoms with E-state index in [-0.39, 0.29) is 17.7 Å². The molecule has 0 saturated heterocycles. The Bertz CT molecular complexity index is 784. The Hall–Kier alpha value is -2.28. The Kier molecular flexibility index (Phi) is 7.47. The van der Waals surface area contributed by atoms with Crippen LogP contribution in [-0.2, 0) is 4.79 Å². The van der Waals surface area contributed by atoms with E-state index in [1.54, 1.807) is 12.1 Å². The number of aromatic nitrogens is 2. The van der Waals surface area contributed by atoms with Crippen molar-refractivity contribution in [2.45, 2.75) is 59.4 Å². The number of nitrogens with zero attached hydrogens (tertiary/aromatic N) is 2. The fraction of sp³-hybridized carbons (Fsp3) is 0.500. The van der Waals surface area contributed by atoms with E-state index in [0.717, 1.165) is 23.4 Å². The average molecular weight is 389 g/mol. The molecule has 0 bridgehead atoms. The van der Waals surface area contributed by atoms with Crippen molar-refractivity contribution in [3.8, 4) is 0 Å². The van der Waals surface area contributed by atoms with E-state index in [4.69, 9.17) is 0 Å². The smallest absolute Gasteiger partial charge is 0.251 e. The Balaban J connectivity index is 2.08. The van der Waals surface area contributed by atoms with E-state index >= 15 is 0 Å². The molecule has 1 heterocycles. The van der Waals surface area contributed by atoms with Gasteiger partial charge in [0, 0.05) is 11.5 Å². The first-order chi connectivity index (χ1) is 12.8. The van der Waals surface area contributed by atoms with Crippen molar-refractivity contribution in [2.75, 3.05) is 5.32 Å². The second-order valence-electron chi connectivity index (χ2n) is 7.01. The Labute approximate surface area is 164 Å². The highest BCUT2D eigenvalue weighted by atomic mass is 32.1. The first kappa shape index (κ1) is 21.0. The lowest BCUT2D eigenvalue weighted by atomic mass is 10.0. The van der Waals surface area contributed by atoms with Crippen LogP contribution in [0.25, 0.3) is 0 Å². The molecule has 0 saturated carbocycles. The number of nitrogens with one attached hydrogen (secondary N) is 2. The van der Waals surface area contributed by atoms with Crippen LogP contribution < -0.4 is 10.6 Å². The van der Waals surface area contributed by atoms with E-state index < -0.39 is 6.04 Å². The van der Waals surface area contributed by atoms with Gasteiger partial charge < -0.3 is 5.32 Å². The van der Waals surface area contributed by atoms with Gasteiger partial charge in [0.15, 0.2) is 0 Å². The highest BCUT2D eigenvalue weighted by Crippen LogP contribution is 2.28. The van der Waals surface area contributed by atoms with Crippen molar-refractivity contribution in [1.82, 2.24) is 15.5 Å². The maximum Gasteiger partial charge on any atom is 0.251 e. The average Bonchev–Trinajstić information content (AvgIpc) is 3.08. The minimum Gasteiger partial charge on any atom is -0.340 e. The second-order valence-corrected chi connectivity index (χ2v) is 8.02. The zero-order chi connectivity index (χ0) is 20.0. The minimum absolute atomic E-state index is 0.0646. The van der Waals surface area contributed by atoms with Crippen molar-refractivity contribution in [1.29, 1.82) is 0 Å². The van der Waals surface area contributed by atoms with Gasteiger partial charge in [0.2, 0.25) is 11.0 Å². The lowest BCUT2D eigenvalue weighted by molar-refractivity contribution is -0.118. The van der Waals surface area contributed by atoms with E-state index in [0.29, 0.717) is 16.6 Å². The summed E-state index contributed by atoms with van der Waals surface area (Å²) in [4.78, 5) is 25.2. The van der Waals surface area contributed by atoms with Crippen LogP contribution in [0.1, 0.15) is 67.4 Å². The van der Waals surface area contributed by atoms with Gasteiger partial charge in [-0.2, -0.15) is 0 Å². The number of amides is 2. The fourth-order valence-electron chi connectivity index (χ4n) is 2.82. The maximum absolute atomic E-state index is 12.7. The third-order valence-corrected chi connectivity index (χ3v) is 5.52. The number of rotatable bonds is 8. The van der Waals surface area contributed by atoms with Gasteiger partial charge in [-0.3, -0.25) is 14.9 Å². The van der Waals surface area contributed by atoms with Gasteiger partial charge in [-0.1, -0.05) is 56.7 Å². The molecule has 0 aliphatic carbocycles. The fourth-order valence-corrected chi connectivity index (χ4v) is 3.83. The summed E-state index contributed by atoms with van der Waals surface area (Å²) in [5, 5.41) is 15.3. The molecule has 0 aliphatic rings. The van der Waals surface area contributed by atoms with E-state index in [2.05, 4.69) is 34.7 Å². The van der Waals surface area contributed by atoms with Gasteiger partial charge in [0.05, 0.1) is 0 Å². The summed E-state index contributed by atoms with van der Waals surface area (Å²) in [7, 11) is 0. The first-order valence-electron chi connectivity index (χ1n) is 9.37. The van der Waals surface area contributed by atoms with Crippen LogP contribution in [0.5, 0.6) is 0 Å². The van der Waals surface area contributed by atoms with Crippen LogP contribution in [0.2, 0.25) is 0 Å². The zero-order valence-electron chi connectivity index (χ0n) is 16.6. The standard InChI is InChI=1S/C20H28N4O2S/c1-6-14(7-2)19-23-24-20(27-19)22-18(26)16(12(3)4)21-17(25)15-10-8-9-13(5)11-15/h8-12,14,16H,6-7H2,1-5H3,(H,21,25)(H,22,24,26)/t16-/m0/s1. The molecule has 6 nitrogen and oxygen atoms in total. The SMILES string of the molecule is CCC(CC)c1nnc(NC(=O)[C@@H](NC(=O)c2cccc(C)c2)C(C)C)s1. The number of anilines is 1. The molecule has 2 rings (SSSR count). The summed E-state index contributed by atoms with van der Waals surface area (Å²) >= 11 is 1.40. The summed E-state index contributed by atoms with van der Waals surface area (Å²) in [5.41, 5.74) is 1.54. The zero-order valence-corrected chi connectivity index (χ0v) is 17.4. The van der Waals surface area contributed by atoms with Crippen LogP contribution in [0, 0.1) is 12.8 Å². The number of hydrogen-bond acceptors (Lipinski definition) is 5. The molecule has 1 aromatic heterocycles. The number of carbonyl (C=O) groups excluding carboxylic acids is 2. The Morgan fingerprint density at radius 3 is 2.44 bits per heavy atom. The van der Waals surface area contributed by atoms with Crippen LogP contribution in [0.4, 0.5) is 5.13 Å². The molecule has 2 aromatic rings. The van der Waals surface area contributed by atoms with Crippen molar-refractivity contribution >= 4 is 28.3 Å². The summed E-state index contributed by atoms with van der Waals surface area (Å²) in [6, 6.07) is 6.64. The van der Waals surface area contributed by atoms with Crippen LogP contribution >= 0.6 is 11.3 Å². The number of carbonyl (C=O) groups is 2. The molecular formula is C20H28N4O2S. The Morgan fingerprint density at radius 1 is 1.15 bits per heavy atom. The quantitative estimate of drug-likeness (QED) is 0.712.